The first-order chi connectivity index (χ1) is 8.26. The lowest BCUT2D eigenvalue weighted by Crippen LogP contribution is -2.23. The van der Waals surface area contributed by atoms with E-state index in [0.29, 0.717) is 6.42 Å². The van der Waals surface area contributed by atoms with Gasteiger partial charge in [-0.3, -0.25) is 0 Å². The standard InChI is InChI=1S/C10H13NO2.2C2H6/c1-13-10-4-2-3-8(6-10)5-9(11)7-12;2*1-2/h2-4,6-7,9H,5,11H2,1H3;2*1-2H3. The molecule has 0 aliphatic heterocycles. The highest BCUT2D eigenvalue weighted by Crippen LogP contribution is 2.13. The number of hydrogen-bond donors (Lipinski definition) is 1. The molecule has 0 heterocycles. The smallest absolute Gasteiger partial charge is 0.137 e. The van der Waals surface area contributed by atoms with Crippen LogP contribution >= 0.6 is 0 Å². The van der Waals surface area contributed by atoms with Crippen LogP contribution in [0.25, 0.3) is 0 Å². The number of benzene rings is 1. The van der Waals surface area contributed by atoms with Crippen molar-refractivity contribution >= 4 is 6.29 Å². The molecule has 0 spiro atoms. The predicted octanol–water partition coefficient (Wildman–Crippen LogP) is 2.82. The number of rotatable bonds is 4. The number of nitrogens with two attached hydrogens (primary N) is 1. The third-order valence-electron chi connectivity index (χ3n) is 1.78. The fourth-order valence-electron chi connectivity index (χ4n) is 1.12. The lowest BCUT2D eigenvalue weighted by molar-refractivity contribution is -0.108. The van der Waals surface area contributed by atoms with E-state index < -0.39 is 6.04 Å². The Balaban J connectivity index is 0. The van der Waals surface area contributed by atoms with Crippen molar-refractivity contribution in [1.29, 1.82) is 0 Å². The number of carbonyl (C=O) groups is 1. The Morgan fingerprint density at radius 1 is 1.29 bits per heavy atom. The van der Waals surface area contributed by atoms with E-state index in [0.717, 1.165) is 17.6 Å². The van der Waals surface area contributed by atoms with Gasteiger partial charge in [-0.2, -0.15) is 0 Å². The first kappa shape index (κ1) is 18.0. The Bertz CT molecular complexity index is 287. The minimum absolute atomic E-state index is 0.424. The summed E-state index contributed by atoms with van der Waals surface area (Å²) in [4.78, 5) is 10.3. The summed E-state index contributed by atoms with van der Waals surface area (Å²) in [6.45, 7) is 8.00. The predicted molar refractivity (Wildman–Crippen MR) is 73.4 cm³/mol. The van der Waals surface area contributed by atoms with E-state index >= 15 is 0 Å². The number of aldehydes is 1. The monoisotopic (exact) mass is 239 g/mol. The van der Waals surface area contributed by atoms with Crippen LogP contribution in [0.2, 0.25) is 0 Å². The van der Waals surface area contributed by atoms with Crippen molar-refractivity contribution in [2.45, 2.75) is 40.2 Å². The molecule has 98 valence electrons. The van der Waals surface area contributed by atoms with Crippen molar-refractivity contribution in [2.75, 3.05) is 7.11 Å². The van der Waals surface area contributed by atoms with Crippen LogP contribution in [0, 0.1) is 0 Å². The van der Waals surface area contributed by atoms with Gasteiger partial charge in [0.25, 0.3) is 0 Å². The minimum Gasteiger partial charge on any atom is -0.497 e. The molecule has 0 saturated heterocycles. The van der Waals surface area contributed by atoms with Crippen molar-refractivity contribution in [3.05, 3.63) is 29.8 Å². The number of hydrogen-bond acceptors (Lipinski definition) is 3. The van der Waals surface area contributed by atoms with E-state index in [-0.39, 0.29) is 0 Å². The first-order valence-corrected chi connectivity index (χ1v) is 6.10. The highest BCUT2D eigenvalue weighted by molar-refractivity contribution is 5.57. The summed E-state index contributed by atoms with van der Waals surface area (Å²) in [5.74, 6) is 0.788. The molecule has 0 radical (unpaired) electrons. The van der Waals surface area contributed by atoms with Crippen LogP contribution in [0.15, 0.2) is 24.3 Å². The van der Waals surface area contributed by atoms with Gasteiger partial charge in [0.05, 0.1) is 13.2 Å². The average molecular weight is 239 g/mol. The molecule has 0 aliphatic rings. The lowest BCUT2D eigenvalue weighted by Gasteiger charge is -2.05. The average Bonchev–Trinajstić information content (AvgIpc) is 2.43. The second kappa shape index (κ2) is 12.7. The number of methoxy groups -OCH3 is 1. The molecule has 3 heteroatoms. The van der Waals surface area contributed by atoms with E-state index in [4.69, 9.17) is 10.5 Å². The SMILES string of the molecule is CC.CC.COc1cccc(CC(N)C=O)c1. The Kier molecular flexibility index (Phi) is 13.5. The Morgan fingerprint density at radius 2 is 1.88 bits per heavy atom. The third-order valence-corrected chi connectivity index (χ3v) is 1.78. The third kappa shape index (κ3) is 8.46. The summed E-state index contributed by atoms with van der Waals surface area (Å²) in [6.07, 6.45) is 1.31. The molecule has 3 nitrogen and oxygen atoms in total. The van der Waals surface area contributed by atoms with Crippen molar-refractivity contribution in [3.63, 3.8) is 0 Å². The summed E-state index contributed by atoms with van der Waals surface area (Å²) in [6, 6.07) is 7.11. The van der Waals surface area contributed by atoms with Gasteiger partial charge in [-0.25, -0.2) is 0 Å². The normalized spacial score (nSPS) is 10.0. The van der Waals surface area contributed by atoms with Gasteiger partial charge in [0, 0.05) is 0 Å². The molecule has 0 fully saturated rings. The van der Waals surface area contributed by atoms with E-state index in [1.54, 1.807) is 7.11 Å². The second-order valence-electron chi connectivity index (χ2n) is 2.86. The molecule has 2 N–H and O–H groups in total. The lowest BCUT2D eigenvalue weighted by atomic mass is 10.1. The van der Waals surface area contributed by atoms with Crippen LogP contribution < -0.4 is 10.5 Å². The number of carbonyl (C=O) groups excluding carboxylic acids is 1. The van der Waals surface area contributed by atoms with E-state index in [9.17, 15) is 4.79 Å². The van der Waals surface area contributed by atoms with Crippen LogP contribution in [0.1, 0.15) is 33.3 Å². The maximum atomic E-state index is 10.3. The first-order valence-electron chi connectivity index (χ1n) is 6.10. The van der Waals surface area contributed by atoms with Gasteiger partial charge in [-0.05, 0) is 24.1 Å². The molecule has 0 bridgehead atoms. The van der Waals surface area contributed by atoms with Gasteiger partial charge in [-0.1, -0.05) is 39.8 Å². The quantitative estimate of drug-likeness (QED) is 0.822. The summed E-state index contributed by atoms with van der Waals surface area (Å²) >= 11 is 0. The van der Waals surface area contributed by atoms with Gasteiger partial charge in [0.15, 0.2) is 0 Å². The summed E-state index contributed by atoms with van der Waals surface area (Å²) < 4.78 is 5.04. The van der Waals surface area contributed by atoms with Crippen LogP contribution in [0.4, 0.5) is 0 Å². The highest BCUT2D eigenvalue weighted by atomic mass is 16.5. The molecule has 1 rings (SSSR count). The zero-order valence-electron chi connectivity index (χ0n) is 11.6. The molecule has 17 heavy (non-hydrogen) atoms. The Morgan fingerprint density at radius 3 is 2.35 bits per heavy atom. The molecule has 1 atom stereocenters. The van der Waals surface area contributed by atoms with Gasteiger partial charge in [-0.15, -0.1) is 0 Å². The number of ether oxygens (including phenoxy) is 1. The fourth-order valence-corrected chi connectivity index (χ4v) is 1.12. The second-order valence-corrected chi connectivity index (χ2v) is 2.86. The van der Waals surface area contributed by atoms with Gasteiger partial charge in [0.1, 0.15) is 12.0 Å². The van der Waals surface area contributed by atoms with Crippen LogP contribution in [-0.2, 0) is 11.2 Å². The summed E-state index contributed by atoms with van der Waals surface area (Å²) in [5.41, 5.74) is 6.50. The topological polar surface area (TPSA) is 52.3 Å². The largest absolute Gasteiger partial charge is 0.497 e. The molecular weight excluding hydrogens is 214 g/mol. The molecule has 0 saturated carbocycles. The Labute approximate surface area is 105 Å². The minimum atomic E-state index is -0.424. The molecule has 0 amide bonds. The maximum absolute atomic E-state index is 10.3. The molecule has 1 unspecified atom stereocenters. The maximum Gasteiger partial charge on any atom is 0.137 e. The van der Waals surface area contributed by atoms with E-state index in [1.165, 1.54) is 0 Å². The molecule has 1 aromatic rings. The van der Waals surface area contributed by atoms with Gasteiger partial charge >= 0.3 is 0 Å². The summed E-state index contributed by atoms with van der Waals surface area (Å²) in [5, 5.41) is 0. The molecule has 0 aromatic heterocycles. The summed E-state index contributed by atoms with van der Waals surface area (Å²) in [7, 11) is 1.61. The van der Waals surface area contributed by atoms with Crippen LogP contribution in [0.3, 0.4) is 0 Å². The fraction of sp³-hybridized carbons (Fsp3) is 0.500. The molecule has 1 aromatic carbocycles. The highest BCUT2D eigenvalue weighted by Gasteiger charge is 2.02. The van der Waals surface area contributed by atoms with Crippen molar-refractivity contribution in [1.82, 2.24) is 0 Å². The van der Waals surface area contributed by atoms with Crippen LogP contribution in [0.5, 0.6) is 5.75 Å². The van der Waals surface area contributed by atoms with Gasteiger partial charge < -0.3 is 15.3 Å². The zero-order valence-corrected chi connectivity index (χ0v) is 11.6. The molecular formula is C14H25NO2. The van der Waals surface area contributed by atoms with Crippen molar-refractivity contribution in [3.8, 4) is 5.75 Å². The van der Waals surface area contributed by atoms with Crippen LogP contribution in [-0.4, -0.2) is 19.4 Å². The zero-order chi connectivity index (χ0) is 13.7. The van der Waals surface area contributed by atoms with Crippen molar-refractivity contribution < 1.29 is 9.53 Å². The van der Waals surface area contributed by atoms with Crippen molar-refractivity contribution in [2.24, 2.45) is 5.73 Å². The van der Waals surface area contributed by atoms with E-state index in [2.05, 4.69) is 0 Å². The van der Waals surface area contributed by atoms with E-state index in [1.807, 2.05) is 52.0 Å². The molecule has 0 aliphatic carbocycles. The Hall–Kier alpha value is -1.35. The van der Waals surface area contributed by atoms with Gasteiger partial charge in [0.2, 0.25) is 0 Å².